The van der Waals surface area contributed by atoms with Crippen LogP contribution in [-0.4, -0.2) is 52.8 Å². The van der Waals surface area contributed by atoms with Gasteiger partial charge in [-0.3, -0.25) is 14.6 Å². The number of aromatic nitrogens is 1. The Kier molecular flexibility index (Phi) is 7.89. The Balaban J connectivity index is 1.36. The molecule has 2 aromatic rings. The highest BCUT2D eigenvalue weighted by atomic mass is 79.9. The van der Waals surface area contributed by atoms with Crippen molar-refractivity contribution in [3.8, 4) is 0 Å². The molecule has 190 valence electrons. The van der Waals surface area contributed by atoms with Gasteiger partial charge < -0.3 is 9.80 Å². The van der Waals surface area contributed by atoms with Crippen LogP contribution in [0.3, 0.4) is 0 Å². The zero-order chi connectivity index (χ0) is 25.4. The van der Waals surface area contributed by atoms with E-state index in [1.54, 1.807) is 6.92 Å². The van der Waals surface area contributed by atoms with Gasteiger partial charge in [0, 0.05) is 60.2 Å². The van der Waals surface area contributed by atoms with Crippen molar-refractivity contribution in [3.63, 3.8) is 0 Å². The molecular formula is C28H30Br2ClN3O2. The van der Waals surface area contributed by atoms with Crippen LogP contribution in [0.15, 0.2) is 38.9 Å². The number of aryl methyl sites for hydroxylation is 1. The molecule has 8 heteroatoms. The third kappa shape index (κ3) is 5.30. The van der Waals surface area contributed by atoms with Crippen LogP contribution < -0.4 is 0 Å². The Bertz CT molecular complexity index is 1230. The number of rotatable bonds is 2. The van der Waals surface area contributed by atoms with E-state index in [2.05, 4.69) is 44.0 Å². The Morgan fingerprint density at radius 1 is 1.03 bits per heavy atom. The van der Waals surface area contributed by atoms with E-state index in [1.807, 2.05) is 22.1 Å². The third-order valence-corrected chi connectivity index (χ3v) is 9.76. The quantitative estimate of drug-likeness (QED) is 0.382. The van der Waals surface area contributed by atoms with Gasteiger partial charge in [0.05, 0.1) is 10.7 Å². The monoisotopic (exact) mass is 633 g/mol. The van der Waals surface area contributed by atoms with Gasteiger partial charge in [0.15, 0.2) is 0 Å². The van der Waals surface area contributed by atoms with Crippen molar-refractivity contribution in [2.75, 3.05) is 26.2 Å². The summed E-state index contributed by atoms with van der Waals surface area (Å²) in [6, 6.07) is 6.28. The molecule has 3 aliphatic rings. The van der Waals surface area contributed by atoms with E-state index in [0.29, 0.717) is 12.3 Å². The molecule has 0 bridgehead atoms. The molecule has 0 spiro atoms. The number of piperidine rings is 2. The molecule has 3 heterocycles. The van der Waals surface area contributed by atoms with Gasteiger partial charge in [-0.2, -0.15) is 0 Å². The number of nitrogens with zero attached hydrogens (tertiary/aromatic N) is 3. The molecule has 0 unspecified atom stereocenters. The van der Waals surface area contributed by atoms with E-state index < -0.39 is 0 Å². The second-order valence-corrected chi connectivity index (χ2v) is 12.2. The number of hydrogen-bond acceptors (Lipinski definition) is 3. The second kappa shape index (κ2) is 11.0. The summed E-state index contributed by atoms with van der Waals surface area (Å²) < 4.78 is 1.96. The molecule has 1 aromatic heterocycles. The van der Waals surface area contributed by atoms with Gasteiger partial charge in [-0.05, 0) is 105 Å². The summed E-state index contributed by atoms with van der Waals surface area (Å²) in [6.45, 7) is 4.63. The standard InChI is InChI=1S/C28H30Br2ClN3O2/c1-17(35)33-10-6-18(7-11-33)14-25(36)34-12-8-19(9-13-34)26-22-4-5-24(31)27(30)23(22)3-2-20-15-21(29)16-32-28(20)26/h4-5,15-16,18H,2-3,6-14H2,1H3. The first-order chi connectivity index (χ1) is 17.3. The van der Waals surface area contributed by atoms with E-state index >= 15 is 0 Å². The maximum absolute atomic E-state index is 13.1. The van der Waals surface area contributed by atoms with Gasteiger partial charge in [-0.1, -0.05) is 23.2 Å². The maximum Gasteiger partial charge on any atom is 0.222 e. The van der Waals surface area contributed by atoms with E-state index in [9.17, 15) is 9.59 Å². The van der Waals surface area contributed by atoms with Gasteiger partial charge in [0.1, 0.15) is 0 Å². The number of hydrogen-bond donors (Lipinski definition) is 0. The highest BCUT2D eigenvalue weighted by molar-refractivity contribution is 9.10. The molecule has 2 saturated heterocycles. The number of likely N-dealkylation sites (tertiary alicyclic amines) is 2. The predicted molar refractivity (Wildman–Crippen MR) is 150 cm³/mol. The largest absolute Gasteiger partial charge is 0.343 e. The van der Waals surface area contributed by atoms with Crippen LogP contribution in [0.1, 0.15) is 61.4 Å². The number of benzene rings is 1. The third-order valence-electron chi connectivity index (χ3n) is 7.88. The van der Waals surface area contributed by atoms with Crippen molar-refractivity contribution in [3.05, 3.63) is 66.3 Å². The van der Waals surface area contributed by atoms with Crippen molar-refractivity contribution in [2.45, 2.75) is 51.9 Å². The summed E-state index contributed by atoms with van der Waals surface area (Å²) >= 11 is 13.8. The van der Waals surface area contributed by atoms with Crippen molar-refractivity contribution in [2.24, 2.45) is 5.92 Å². The highest BCUT2D eigenvalue weighted by Crippen LogP contribution is 2.42. The van der Waals surface area contributed by atoms with Gasteiger partial charge in [0.2, 0.25) is 11.8 Å². The molecular weight excluding hydrogens is 606 g/mol. The second-order valence-electron chi connectivity index (χ2n) is 10.1. The molecule has 2 fully saturated rings. The number of amides is 2. The van der Waals surface area contributed by atoms with E-state index in [0.717, 1.165) is 84.4 Å². The molecule has 0 radical (unpaired) electrons. The zero-order valence-corrected chi connectivity index (χ0v) is 24.4. The van der Waals surface area contributed by atoms with Gasteiger partial charge in [-0.15, -0.1) is 0 Å². The summed E-state index contributed by atoms with van der Waals surface area (Å²) in [7, 11) is 0. The molecule has 0 N–H and O–H groups in total. The summed E-state index contributed by atoms with van der Waals surface area (Å²) in [5.41, 5.74) is 7.30. The smallest absolute Gasteiger partial charge is 0.222 e. The summed E-state index contributed by atoms with van der Waals surface area (Å²) in [5, 5.41) is 0.729. The molecule has 0 saturated carbocycles. The van der Waals surface area contributed by atoms with E-state index in [1.165, 1.54) is 27.8 Å². The van der Waals surface area contributed by atoms with Crippen LogP contribution in [0.5, 0.6) is 0 Å². The lowest BCUT2D eigenvalue weighted by atomic mass is 9.88. The van der Waals surface area contributed by atoms with Crippen LogP contribution in [-0.2, 0) is 22.4 Å². The van der Waals surface area contributed by atoms with Crippen molar-refractivity contribution in [1.82, 2.24) is 14.8 Å². The fourth-order valence-electron chi connectivity index (χ4n) is 5.82. The molecule has 2 aliphatic heterocycles. The lowest BCUT2D eigenvalue weighted by Crippen LogP contribution is -2.41. The highest BCUT2D eigenvalue weighted by Gasteiger charge is 2.29. The molecule has 36 heavy (non-hydrogen) atoms. The number of carbonyl (C=O) groups is 2. The fraction of sp³-hybridized carbons (Fsp3) is 0.464. The first kappa shape index (κ1) is 25.9. The van der Waals surface area contributed by atoms with Gasteiger partial charge in [0.25, 0.3) is 0 Å². The first-order valence-corrected chi connectivity index (χ1v) is 14.7. The average molecular weight is 636 g/mol. The van der Waals surface area contributed by atoms with Crippen LogP contribution in [0.4, 0.5) is 0 Å². The minimum atomic E-state index is 0.134. The summed E-state index contributed by atoms with van der Waals surface area (Å²) in [6.07, 6.45) is 7.79. The average Bonchev–Trinajstić information content (AvgIpc) is 3.03. The predicted octanol–water partition coefficient (Wildman–Crippen LogP) is 6.43. The number of pyridine rings is 1. The molecule has 2 amide bonds. The van der Waals surface area contributed by atoms with Gasteiger partial charge >= 0.3 is 0 Å². The Morgan fingerprint density at radius 2 is 1.75 bits per heavy atom. The van der Waals surface area contributed by atoms with E-state index in [-0.39, 0.29) is 11.8 Å². The zero-order valence-electron chi connectivity index (χ0n) is 20.5. The summed E-state index contributed by atoms with van der Waals surface area (Å²) in [4.78, 5) is 33.5. The van der Waals surface area contributed by atoms with E-state index in [4.69, 9.17) is 16.6 Å². The summed E-state index contributed by atoms with van der Waals surface area (Å²) in [5.74, 6) is 0.756. The number of carbonyl (C=O) groups excluding carboxylic acids is 2. The van der Waals surface area contributed by atoms with Crippen LogP contribution in [0, 0.1) is 5.92 Å². The van der Waals surface area contributed by atoms with Crippen LogP contribution >= 0.6 is 43.5 Å². The van der Waals surface area contributed by atoms with Crippen molar-refractivity contribution >= 4 is 60.8 Å². The van der Waals surface area contributed by atoms with Gasteiger partial charge in [-0.25, -0.2) is 0 Å². The molecule has 5 nitrogen and oxygen atoms in total. The Labute approximate surface area is 234 Å². The topological polar surface area (TPSA) is 53.5 Å². The van der Waals surface area contributed by atoms with Crippen LogP contribution in [0.2, 0.25) is 5.02 Å². The minimum Gasteiger partial charge on any atom is -0.343 e. The molecule has 0 atom stereocenters. The van der Waals surface area contributed by atoms with Crippen molar-refractivity contribution < 1.29 is 9.59 Å². The van der Waals surface area contributed by atoms with Crippen molar-refractivity contribution in [1.29, 1.82) is 0 Å². The number of fused-ring (bicyclic) bond motifs is 2. The number of halogens is 3. The fourth-order valence-corrected chi connectivity index (χ4v) is 6.92. The lowest BCUT2D eigenvalue weighted by Gasteiger charge is -2.34. The normalized spacial score (nSPS) is 18.6. The molecule has 1 aliphatic carbocycles. The maximum atomic E-state index is 13.1. The SMILES string of the molecule is CC(=O)N1CCC(CC(=O)N2CCC(=C3c4ccc(Cl)c(Br)c4CCc4cc(Br)cnc43)CC2)CC1. The molecule has 1 aromatic carbocycles. The van der Waals surface area contributed by atoms with Crippen LogP contribution in [0.25, 0.3) is 5.57 Å². The Morgan fingerprint density at radius 3 is 2.44 bits per heavy atom. The molecule has 5 rings (SSSR count). The lowest BCUT2D eigenvalue weighted by molar-refractivity contribution is -0.133. The minimum absolute atomic E-state index is 0.134. The Hall–Kier alpha value is -1.70. The first-order valence-electron chi connectivity index (χ1n) is 12.7.